The summed E-state index contributed by atoms with van der Waals surface area (Å²) in [6.45, 7) is 1.78. The molecule has 0 aromatic heterocycles. The van der Waals surface area contributed by atoms with Crippen LogP contribution < -0.4 is 16.0 Å². The van der Waals surface area contributed by atoms with Crippen LogP contribution in [-0.2, 0) is 14.6 Å². The zero-order valence-corrected chi connectivity index (χ0v) is 11.0. The molecule has 0 bridgehead atoms. The molecule has 1 unspecified atom stereocenters. The van der Waals surface area contributed by atoms with Crippen molar-refractivity contribution >= 4 is 15.7 Å². The van der Waals surface area contributed by atoms with Crippen molar-refractivity contribution in [2.24, 2.45) is 5.84 Å². The molecule has 0 aliphatic rings. The molecule has 0 aliphatic heterocycles. The lowest BCUT2D eigenvalue weighted by Crippen LogP contribution is -2.41. The molecule has 0 aliphatic carbocycles. The Morgan fingerprint density at radius 2 is 1.94 bits per heavy atom. The number of benzene rings is 1. The molecule has 1 rings (SSSR count). The van der Waals surface area contributed by atoms with Gasteiger partial charge in [-0.15, -0.1) is 0 Å². The van der Waals surface area contributed by atoms with Gasteiger partial charge < -0.3 is 4.74 Å². The number of rotatable bonds is 5. The van der Waals surface area contributed by atoms with Crippen LogP contribution in [0.15, 0.2) is 29.2 Å². The summed E-state index contributed by atoms with van der Waals surface area (Å²) in [5.74, 6) is 5.01. The minimum atomic E-state index is -3.23. The number of ether oxygens (including phenoxy) is 1. The number of nitrogens with one attached hydrogen (secondary N) is 1. The second-order valence-corrected chi connectivity index (χ2v) is 5.78. The Bertz CT molecular complexity index is 510. The predicted octanol–water partition coefficient (Wildman–Crippen LogP) is 0.237. The van der Waals surface area contributed by atoms with Crippen molar-refractivity contribution in [1.29, 1.82) is 0 Å². The maximum absolute atomic E-state index is 11.3. The third-order valence-corrected chi connectivity index (χ3v) is 3.46. The minimum absolute atomic E-state index is 0.200. The SMILES string of the molecule is CCC(Oc1ccc(S(C)(=O)=O)cc1)C(=O)NN. The lowest BCUT2D eigenvalue weighted by molar-refractivity contribution is -0.128. The maximum Gasteiger partial charge on any atom is 0.274 e. The average Bonchev–Trinajstić information content (AvgIpc) is 2.34. The number of hydrogen-bond acceptors (Lipinski definition) is 5. The molecule has 0 heterocycles. The van der Waals surface area contributed by atoms with Crippen molar-refractivity contribution in [3.8, 4) is 5.75 Å². The summed E-state index contributed by atoms with van der Waals surface area (Å²) in [6, 6.07) is 5.86. The average molecular weight is 272 g/mol. The van der Waals surface area contributed by atoms with Gasteiger partial charge in [-0.3, -0.25) is 10.2 Å². The molecule has 100 valence electrons. The molecule has 0 fully saturated rings. The molecule has 0 spiro atoms. The Labute approximate surface area is 106 Å². The number of carbonyl (C=O) groups is 1. The highest BCUT2D eigenvalue weighted by Gasteiger charge is 2.17. The quantitative estimate of drug-likeness (QED) is 0.454. The second-order valence-electron chi connectivity index (χ2n) is 3.77. The summed E-state index contributed by atoms with van der Waals surface area (Å²) in [4.78, 5) is 11.5. The first-order chi connectivity index (χ1) is 8.38. The molecular formula is C11H16N2O4S. The van der Waals surface area contributed by atoms with E-state index in [2.05, 4.69) is 0 Å². The summed E-state index contributed by atoms with van der Waals surface area (Å²) in [5, 5.41) is 0. The Balaban J connectivity index is 2.83. The summed E-state index contributed by atoms with van der Waals surface area (Å²) < 4.78 is 27.9. The Morgan fingerprint density at radius 1 is 1.39 bits per heavy atom. The van der Waals surface area contributed by atoms with E-state index in [-0.39, 0.29) is 4.90 Å². The number of hydrazine groups is 1. The molecule has 7 heteroatoms. The van der Waals surface area contributed by atoms with Gasteiger partial charge in [0.1, 0.15) is 5.75 Å². The topological polar surface area (TPSA) is 98.5 Å². The van der Waals surface area contributed by atoms with E-state index in [4.69, 9.17) is 10.6 Å². The molecule has 1 atom stereocenters. The Kier molecular flexibility index (Phi) is 4.69. The first-order valence-corrected chi connectivity index (χ1v) is 7.25. The van der Waals surface area contributed by atoms with Gasteiger partial charge in [0, 0.05) is 6.26 Å². The van der Waals surface area contributed by atoms with Crippen LogP contribution in [0.2, 0.25) is 0 Å². The number of hydrogen-bond donors (Lipinski definition) is 2. The number of carbonyl (C=O) groups excluding carboxylic acids is 1. The molecule has 1 amide bonds. The van der Waals surface area contributed by atoms with Crippen LogP contribution in [0.25, 0.3) is 0 Å². The van der Waals surface area contributed by atoms with Crippen LogP contribution in [-0.4, -0.2) is 26.7 Å². The zero-order chi connectivity index (χ0) is 13.8. The van der Waals surface area contributed by atoms with E-state index in [1.54, 1.807) is 6.92 Å². The molecule has 0 radical (unpaired) electrons. The van der Waals surface area contributed by atoms with Crippen molar-refractivity contribution in [2.45, 2.75) is 24.3 Å². The van der Waals surface area contributed by atoms with Gasteiger partial charge in [0.15, 0.2) is 15.9 Å². The molecule has 0 saturated heterocycles. The van der Waals surface area contributed by atoms with E-state index in [1.165, 1.54) is 24.3 Å². The van der Waals surface area contributed by atoms with Gasteiger partial charge in [-0.1, -0.05) is 6.92 Å². The molecule has 0 saturated carbocycles. The standard InChI is InChI=1S/C11H16N2O4S/c1-3-10(11(14)13-12)17-8-4-6-9(7-5-8)18(2,15)16/h4-7,10H,3,12H2,1-2H3,(H,13,14). The van der Waals surface area contributed by atoms with Crippen LogP contribution in [0.1, 0.15) is 13.3 Å². The number of nitrogens with two attached hydrogens (primary N) is 1. The highest BCUT2D eigenvalue weighted by molar-refractivity contribution is 7.90. The Morgan fingerprint density at radius 3 is 2.33 bits per heavy atom. The van der Waals surface area contributed by atoms with E-state index in [0.29, 0.717) is 12.2 Å². The fraction of sp³-hybridized carbons (Fsp3) is 0.364. The summed E-state index contributed by atoms with van der Waals surface area (Å²) in [5.41, 5.74) is 2.01. The fourth-order valence-electron chi connectivity index (χ4n) is 1.34. The van der Waals surface area contributed by atoms with Crippen molar-refractivity contribution < 1.29 is 17.9 Å². The van der Waals surface area contributed by atoms with Crippen LogP contribution in [0.5, 0.6) is 5.75 Å². The lowest BCUT2D eigenvalue weighted by Gasteiger charge is -2.15. The van der Waals surface area contributed by atoms with Crippen molar-refractivity contribution in [1.82, 2.24) is 5.43 Å². The van der Waals surface area contributed by atoms with Gasteiger partial charge in [0.25, 0.3) is 5.91 Å². The summed E-state index contributed by atoms with van der Waals surface area (Å²) in [7, 11) is -3.23. The van der Waals surface area contributed by atoms with Crippen LogP contribution >= 0.6 is 0 Å². The Hall–Kier alpha value is -1.60. The van der Waals surface area contributed by atoms with Gasteiger partial charge in [-0.25, -0.2) is 14.3 Å². The predicted molar refractivity (Wildman–Crippen MR) is 66.6 cm³/mol. The van der Waals surface area contributed by atoms with E-state index in [1.807, 2.05) is 5.43 Å². The van der Waals surface area contributed by atoms with Crippen molar-refractivity contribution in [3.63, 3.8) is 0 Å². The monoisotopic (exact) mass is 272 g/mol. The van der Waals surface area contributed by atoms with Gasteiger partial charge in [0.2, 0.25) is 0 Å². The first kappa shape index (κ1) is 14.5. The van der Waals surface area contributed by atoms with Crippen molar-refractivity contribution in [3.05, 3.63) is 24.3 Å². The number of amides is 1. The van der Waals surface area contributed by atoms with E-state index in [0.717, 1.165) is 6.26 Å². The minimum Gasteiger partial charge on any atom is -0.481 e. The molecule has 6 nitrogen and oxygen atoms in total. The van der Waals surface area contributed by atoms with Gasteiger partial charge in [-0.05, 0) is 30.7 Å². The fourth-order valence-corrected chi connectivity index (χ4v) is 1.98. The smallest absolute Gasteiger partial charge is 0.274 e. The van der Waals surface area contributed by atoms with Crippen LogP contribution in [0.4, 0.5) is 0 Å². The van der Waals surface area contributed by atoms with E-state index in [9.17, 15) is 13.2 Å². The largest absolute Gasteiger partial charge is 0.481 e. The molecule has 3 N–H and O–H groups in total. The maximum atomic E-state index is 11.3. The molecular weight excluding hydrogens is 256 g/mol. The lowest BCUT2D eigenvalue weighted by atomic mass is 10.2. The normalized spacial score (nSPS) is 12.8. The molecule has 1 aromatic carbocycles. The van der Waals surface area contributed by atoms with Gasteiger partial charge >= 0.3 is 0 Å². The molecule has 1 aromatic rings. The van der Waals surface area contributed by atoms with Gasteiger partial charge in [0.05, 0.1) is 4.90 Å². The zero-order valence-electron chi connectivity index (χ0n) is 10.2. The van der Waals surface area contributed by atoms with Crippen LogP contribution in [0, 0.1) is 0 Å². The highest BCUT2D eigenvalue weighted by atomic mass is 32.2. The third kappa shape index (κ3) is 3.71. The van der Waals surface area contributed by atoms with Gasteiger partial charge in [-0.2, -0.15) is 0 Å². The number of sulfone groups is 1. The second kappa shape index (κ2) is 5.83. The van der Waals surface area contributed by atoms with E-state index >= 15 is 0 Å². The first-order valence-electron chi connectivity index (χ1n) is 5.35. The summed E-state index contributed by atoms with van der Waals surface area (Å²) >= 11 is 0. The van der Waals surface area contributed by atoms with Crippen molar-refractivity contribution in [2.75, 3.05) is 6.26 Å². The highest BCUT2D eigenvalue weighted by Crippen LogP contribution is 2.17. The van der Waals surface area contributed by atoms with Crippen LogP contribution in [0.3, 0.4) is 0 Å². The third-order valence-electron chi connectivity index (χ3n) is 2.34. The molecule has 18 heavy (non-hydrogen) atoms. The summed E-state index contributed by atoms with van der Waals surface area (Å²) in [6.07, 6.45) is 0.885. The van der Waals surface area contributed by atoms with E-state index < -0.39 is 21.8 Å².